The first-order chi connectivity index (χ1) is 10.4. The lowest BCUT2D eigenvalue weighted by molar-refractivity contribution is 0.0689. The van der Waals surface area contributed by atoms with Crippen LogP contribution in [0.2, 0.25) is 0 Å². The molecule has 1 N–H and O–H groups in total. The summed E-state index contributed by atoms with van der Waals surface area (Å²) in [6.07, 6.45) is 0. The number of carboxylic acid groups (broad SMARTS) is 1. The molecule has 1 aromatic carbocycles. The zero-order valence-corrected chi connectivity index (χ0v) is 13.4. The maximum Gasteiger partial charge on any atom is 0.356 e. The monoisotopic (exact) mass is 304 g/mol. The smallest absolute Gasteiger partial charge is 0.356 e. The normalized spacial score (nSPS) is 10.8. The molecular formula is C16H20N2O4. The first-order valence-electron chi connectivity index (χ1n) is 6.92. The molecule has 0 saturated heterocycles. The number of rotatable bonds is 5. The van der Waals surface area contributed by atoms with Gasteiger partial charge in [0, 0.05) is 12.6 Å². The molecule has 0 fully saturated rings. The van der Waals surface area contributed by atoms with Gasteiger partial charge in [-0.15, -0.1) is 0 Å². The van der Waals surface area contributed by atoms with Crippen LogP contribution < -0.4 is 9.47 Å². The minimum absolute atomic E-state index is 0.0157. The van der Waals surface area contributed by atoms with Crippen molar-refractivity contribution in [2.24, 2.45) is 7.05 Å². The fraction of sp³-hybridized carbons (Fsp3) is 0.375. The van der Waals surface area contributed by atoms with Crippen molar-refractivity contribution < 1.29 is 19.4 Å². The predicted molar refractivity (Wildman–Crippen MR) is 82.8 cm³/mol. The summed E-state index contributed by atoms with van der Waals surface area (Å²) in [6, 6.07) is 5.35. The van der Waals surface area contributed by atoms with Gasteiger partial charge < -0.3 is 14.6 Å². The van der Waals surface area contributed by atoms with Gasteiger partial charge in [0.15, 0.2) is 17.2 Å². The highest BCUT2D eigenvalue weighted by molar-refractivity contribution is 5.87. The Hall–Kier alpha value is -2.50. The number of hydrogen-bond acceptors (Lipinski definition) is 4. The van der Waals surface area contributed by atoms with Crippen molar-refractivity contribution in [3.05, 3.63) is 29.5 Å². The van der Waals surface area contributed by atoms with Crippen LogP contribution in [0.25, 0.3) is 11.3 Å². The number of carboxylic acids is 1. The number of methoxy groups -OCH3 is 2. The molecule has 0 saturated carbocycles. The zero-order chi connectivity index (χ0) is 16.4. The summed E-state index contributed by atoms with van der Waals surface area (Å²) >= 11 is 0. The van der Waals surface area contributed by atoms with Crippen molar-refractivity contribution >= 4 is 5.97 Å². The molecule has 1 heterocycles. The molecule has 0 radical (unpaired) electrons. The van der Waals surface area contributed by atoms with Crippen molar-refractivity contribution in [2.75, 3.05) is 14.2 Å². The molecule has 0 aliphatic carbocycles. The minimum atomic E-state index is -1.05. The second kappa shape index (κ2) is 6.09. The van der Waals surface area contributed by atoms with E-state index in [4.69, 9.17) is 14.6 Å². The quantitative estimate of drug-likeness (QED) is 0.919. The summed E-state index contributed by atoms with van der Waals surface area (Å²) in [5.41, 5.74) is 2.66. The summed E-state index contributed by atoms with van der Waals surface area (Å²) in [5, 5.41) is 13.1. The van der Waals surface area contributed by atoms with Crippen LogP contribution in [-0.2, 0) is 7.05 Å². The zero-order valence-electron chi connectivity index (χ0n) is 13.4. The number of aromatic nitrogens is 2. The highest BCUT2D eigenvalue weighted by atomic mass is 16.5. The van der Waals surface area contributed by atoms with Crippen LogP contribution in [0.4, 0.5) is 0 Å². The molecule has 0 bridgehead atoms. The van der Waals surface area contributed by atoms with Crippen molar-refractivity contribution in [3.63, 3.8) is 0 Å². The molecule has 0 aliphatic heterocycles. The van der Waals surface area contributed by atoms with Gasteiger partial charge in [-0.3, -0.25) is 4.68 Å². The van der Waals surface area contributed by atoms with Gasteiger partial charge in [-0.25, -0.2) is 4.79 Å². The van der Waals surface area contributed by atoms with Gasteiger partial charge in [-0.05, 0) is 29.7 Å². The molecule has 1 aromatic heterocycles. The maximum absolute atomic E-state index is 11.1. The van der Waals surface area contributed by atoms with Gasteiger partial charge in [0.2, 0.25) is 0 Å². The van der Waals surface area contributed by atoms with Crippen molar-refractivity contribution in [3.8, 4) is 22.8 Å². The first kappa shape index (κ1) is 15.9. The fourth-order valence-electron chi connectivity index (χ4n) is 2.42. The summed E-state index contributed by atoms with van der Waals surface area (Å²) in [5.74, 6) is 0.432. The molecule has 118 valence electrons. The molecule has 0 unspecified atom stereocenters. The molecule has 0 atom stereocenters. The average molecular weight is 304 g/mol. The molecular weight excluding hydrogens is 284 g/mol. The number of hydrogen-bond donors (Lipinski definition) is 1. The SMILES string of the molecule is COc1cc(-c2cc(C(=O)O)nn2C)c(C(C)C)cc1OC. The number of ether oxygens (including phenoxy) is 2. The summed E-state index contributed by atoms with van der Waals surface area (Å²) in [4.78, 5) is 11.1. The van der Waals surface area contributed by atoms with Gasteiger partial charge in [0.1, 0.15) is 0 Å². The second-order valence-electron chi connectivity index (χ2n) is 5.29. The van der Waals surface area contributed by atoms with Crippen molar-refractivity contribution in [1.29, 1.82) is 0 Å². The molecule has 0 amide bonds. The van der Waals surface area contributed by atoms with Gasteiger partial charge in [0.25, 0.3) is 0 Å². The Bertz CT molecular complexity index is 704. The van der Waals surface area contributed by atoms with Gasteiger partial charge in [0.05, 0.1) is 19.9 Å². The molecule has 0 aliphatic rings. The largest absolute Gasteiger partial charge is 0.493 e. The van der Waals surface area contributed by atoms with E-state index >= 15 is 0 Å². The van der Waals surface area contributed by atoms with E-state index < -0.39 is 5.97 Å². The molecule has 22 heavy (non-hydrogen) atoms. The average Bonchev–Trinajstić information content (AvgIpc) is 2.87. The predicted octanol–water partition coefficient (Wildman–Crippen LogP) is 2.93. The molecule has 6 heteroatoms. The highest BCUT2D eigenvalue weighted by Crippen LogP contribution is 2.38. The Balaban J connectivity index is 2.70. The van der Waals surface area contributed by atoms with Crippen LogP contribution in [0.5, 0.6) is 11.5 Å². The number of aryl methyl sites for hydroxylation is 1. The fourth-order valence-corrected chi connectivity index (χ4v) is 2.42. The summed E-state index contributed by atoms with van der Waals surface area (Å²) < 4.78 is 12.3. The van der Waals surface area contributed by atoms with Gasteiger partial charge in [-0.1, -0.05) is 13.8 Å². The number of carbonyl (C=O) groups is 1. The Morgan fingerprint density at radius 1 is 1.18 bits per heavy atom. The third-order valence-corrected chi connectivity index (χ3v) is 3.55. The third kappa shape index (κ3) is 2.77. The standard InChI is InChI=1S/C16H20N2O4/c1-9(2)10-6-14(21-4)15(22-5)7-11(10)13-8-12(16(19)20)17-18(13)3/h6-9H,1-5H3,(H,19,20). The Morgan fingerprint density at radius 2 is 1.77 bits per heavy atom. The van der Waals surface area contributed by atoms with E-state index in [0.29, 0.717) is 11.5 Å². The molecule has 2 aromatic rings. The minimum Gasteiger partial charge on any atom is -0.493 e. The lowest BCUT2D eigenvalue weighted by Gasteiger charge is -2.17. The molecule has 6 nitrogen and oxygen atoms in total. The number of aromatic carboxylic acids is 1. The van der Waals surface area contributed by atoms with E-state index in [1.807, 2.05) is 12.1 Å². The first-order valence-corrected chi connectivity index (χ1v) is 6.92. The molecule has 2 rings (SSSR count). The van der Waals surface area contributed by atoms with E-state index in [9.17, 15) is 4.79 Å². The Morgan fingerprint density at radius 3 is 2.23 bits per heavy atom. The maximum atomic E-state index is 11.1. The second-order valence-corrected chi connectivity index (χ2v) is 5.29. The van der Waals surface area contributed by atoms with Crippen molar-refractivity contribution in [1.82, 2.24) is 9.78 Å². The van der Waals surface area contributed by atoms with Crippen LogP contribution in [0.1, 0.15) is 35.8 Å². The summed E-state index contributed by atoms with van der Waals surface area (Å²) in [6.45, 7) is 4.14. The number of benzene rings is 1. The van der Waals surface area contributed by atoms with Crippen LogP contribution >= 0.6 is 0 Å². The van der Waals surface area contributed by atoms with Gasteiger partial charge in [-0.2, -0.15) is 5.10 Å². The van der Waals surface area contributed by atoms with E-state index in [-0.39, 0.29) is 11.6 Å². The van der Waals surface area contributed by atoms with E-state index in [2.05, 4.69) is 18.9 Å². The van der Waals surface area contributed by atoms with Crippen molar-refractivity contribution in [2.45, 2.75) is 19.8 Å². The van der Waals surface area contributed by atoms with E-state index in [1.165, 1.54) is 0 Å². The summed E-state index contributed by atoms with van der Waals surface area (Å²) in [7, 11) is 4.89. The highest BCUT2D eigenvalue weighted by Gasteiger charge is 2.19. The number of nitrogens with zero attached hydrogens (tertiary/aromatic N) is 2. The lowest BCUT2D eigenvalue weighted by Crippen LogP contribution is -2.01. The Kier molecular flexibility index (Phi) is 4.40. The van der Waals surface area contributed by atoms with E-state index in [1.54, 1.807) is 32.0 Å². The Labute approximate surface area is 129 Å². The third-order valence-electron chi connectivity index (χ3n) is 3.55. The van der Waals surface area contributed by atoms with Crippen LogP contribution in [0, 0.1) is 0 Å². The van der Waals surface area contributed by atoms with Gasteiger partial charge >= 0.3 is 5.97 Å². The van der Waals surface area contributed by atoms with Crippen LogP contribution in [-0.4, -0.2) is 35.1 Å². The lowest BCUT2D eigenvalue weighted by atomic mass is 9.94. The van der Waals surface area contributed by atoms with E-state index in [0.717, 1.165) is 16.8 Å². The van der Waals surface area contributed by atoms with Crippen LogP contribution in [0.15, 0.2) is 18.2 Å². The van der Waals surface area contributed by atoms with Crippen LogP contribution in [0.3, 0.4) is 0 Å². The topological polar surface area (TPSA) is 73.6 Å². The molecule has 0 spiro atoms.